The van der Waals surface area contributed by atoms with Crippen molar-refractivity contribution in [2.24, 2.45) is 5.92 Å². The van der Waals surface area contributed by atoms with Gasteiger partial charge in [0.15, 0.2) is 17.3 Å². The summed E-state index contributed by atoms with van der Waals surface area (Å²) in [7, 11) is 4.62. The van der Waals surface area contributed by atoms with Crippen molar-refractivity contribution in [2.45, 2.75) is 6.42 Å². The zero-order valence-corrected chi connectivity index (χ0v) is 11.4. The lowest BCUT2D eigenvalue weighted by molar-refractivity contribution is 0.0896. The first-order chi connectivity index (χ1) is 9.21. The van der Waals surface area contributed by atoms with Crippen LogP contribution in [0, 0.1) is 5.92 Å². The normalized spacial score (nSPS) is 18.2. The van der Waals surface area contributed by atoms with Gasteiger partial charge in [-0.15, -0.1) is 0 Å². The number of benzene rings is 1. The van der Waals surface area contributed by atoms with E-state index in [1.54, 1.807) is 19.2 Å². The van der Waals surface area contributed by atoms with Gasteiger partial charge in [0, 0.05) is 18.6 Å². The summed E-state index contributed by atoms with van der Waals surface area (Å²) < 4.78 is 21.0. The van der Waals surface area contributed by atoms with Crippen LogP contribution in [0.2, 0.25) is 0 Å². The third-order valence-electron chi connectivity index (χ3n) is 3.27. The van der Waals surface area contributed by atoms with E-state index in [0.29, 0.717) is 36.0 Å². The summed E-state index contributed by atoms with van der Waals surface area (Å²) in [6.07, 6.45) is 0.746. The maximum absolute atomic E-state index is 12.4. The van der Waals surface area contributed by atoms with Gasteiger partial charge in [0.05, 0.1) is 33.5 Å². The molecule has 5 nitrogen and oxygen atoms in total. The van der Waals surface area contributed by atoms with Gasteiger partial charge in [0.2, 0.25) is 0 Å². The molecule has 1 aliphatic rings. The van der Waals surface area contributed by atoms with Gasteiger partial charge in [-0.05, 0) is 12.5 Å². The Bertz CT molecular complexity index is 463. The van der Waals surface area contributed by atoms with Gasteiger partial charge >= 0.3 is 0 Å². The highest BCUT2D eigenvalue weighted by atomic mass is 16.5. The molecule has 19 heavy (non-hydrogen) atoms. The molecule has 1 fully saturated rings. The Labute approximate surface area is 112 Å². The van der Waals surface area contributed by atoms with Crippen molar-refractivity contribution in [1.82, 2.24) is 0 Å². The Hall–Kier alpha value is -1.75. The van der Waals surface area contributed by atoms with Crippen LogP contribution in [0.3, 0.4) is 0 Å². The predicted molar refractivity (Wildman–Crippen MR) is 69.4 cm³/mol. The molecule has 0 bridgehead atoms. The lowest BCUT2D eigenvalue weighted by Crippen LogP contribution is -2.16. The van der Waals surface area contributed by atoms with Crippen LogP contribution in [0.25, 0.3) is 0 Å². The molecule has 0 aliphatic carbocycles. The van der Waals surface area contributed by atoms with Crippen LogP contribution < -0.4 is 14.2 Å². The fraction of sp³-hybridized carbons (Fsp3) is 0.500. The number of Topliss-reactive ketones (excluding diaryl/α,β-unsaturated/α-hetero) is 1. The monoisotopic (exact) mass is 266 g/mol. The highest BCUT2D eigenvalue weighted by Crippen LogP contribution is 2.36. The second-order valence-electron chi connectivity index (χ2n) is 4.33. The van der Waals surface area contributed by atoms with E-state index in [-0.39, 0.29) is 11.7 Å². The van der Waals surface area contributed by atoms with Crippen LogP contribution in [-0.2, 0) is 4.74 Å². The first-order valence-electron chi connectivity index (χ1n) is 6.13. The number of rotatable bonds is 5. The molecule has 1 aromatic rings. The van der Waals surface area contributed by atoms with Crippen LogP contribution in [-0.4, -0.2) is 40.3 Å². The van der Waals surface area contributed by atoms with E-state index >= 15 is 0 Å². The molecule has 1 aromatic carbocycles. The van der Waals surface area contributed by atoms with E-state index in [1.807, 2.05) is 0 Å². The molecule has 1 heterocycles. The third kappa shape index (κ3) is 2.66. The largest absolute Gasteiger partial charge is 0.496 e. The van der Waals surface area contributed by atoms with Crippen molar-refractivity contribution in [3.8, 4) is 17.2 Å². The van der Waals surface area contributed by atoms with Crippen molar-refractivity contribution in [3.05, 3.63) is 17.7 Å². The molecule has 0 radical (unpaired) electrons. The predicted octanol–water partition coefficient (Wildman–Crippen LogP) is 1.93. The highest BCUT2D eigenvalue weighted by Gasteiger charge is 2.28. The Morgan fingerprint density at radius 3 is 2.26 bits per heavy atom. The van der Waals surface area contributed by atoms with Gasteiger partial charge in [-0.3, -0.25) is 4.79 Å². The molecule has 5 heteroatoms. The maximum atomic E-state index is 12.4. The molecule has 0 spiro atoms. The van der Waals surface area contributed by atoms with Crippen LogP contribution in [0.1, 0.15) is 16.8 Å². The van der Waals surface area contributed by atoms with E-state index in [9.17, 15) is 4.79 Å². The smallest absolute Gasteiger partial charge is 0.172 e. The first kappa shape index (κ1) is 13.7. The number of hydrogen-bond acceptors (Lipinski definition) is 5. The number of methoxy groups -OCH3 is 3. The van der Waals surface area contributed by atoms with Crippen molar-refractivity contribution in [1.29, 1.82) is 0 Å². The maximum Gasteiger partial charge on any atom is 0.172 e. The van der Waals surface area contributed by atoms with Gasteiger partial charge < -0.3 is 18.9 Å². The molecule has 104 valence electrons. The van der Waals surface area contributed by atoms with Crippen LogP contribution in [0.4, 0.5) is 0 Å². The SMILES string of the molecule is COc1cc(OC)c(C(=O)C2CCOC2)cc1OC. The zero-order chi connectivity index (χ0) is 13.8. The highest BCUT2D eigenvalue weighted by molar-refractivity contribution is 6.01. The van der Waals surface area contributed by atoms with Crippen molar-refractivity contribution < 1.29 is 23.7 Å². The summed E-state index contributed by atoms with van der Waals surface area (Å²) in [6, 6.07) is 3.33. The fourth-order valence-electron chi connectivity index (χ4n) is 2.18. The lowest BCUT2D eigenvalue weighted by Gasteiger charge is -2.15. The van der Waals surface area contributed by atoms with Crippen molar-refractivity contribution in [2.75, 3.05) is 34.5 Å². The number of ketones is 1. The minimum Gasteiger partial charge on any atom is -0.496 e. The number of ether oxygens (including phenoxy) is 4. The molecule has 1 unspecified atom stereocenters. The van der Waals surface area contributed by atoms with Crippen LogP contribution >= 0.6 is 0 Å². The first-order valence-corrected chi connectivity index (χ1v) is 6.13. The van der Waals surface area contributed by atoms with Crippen LogP contribution in [0.15, 0.2) is 12.1 Å². The van der Waals surface area contributed by atoms with E-state index in [1.165, 1.54) is 14.2 Å². The Kier molecular flexibility index (Phi) is 4.27. The summed E-state index contributed by atoms with van der Waals surface area (Å²) in [6.45, 7) is 1.10. The van der Waals surface area contributed by atoms with Crippen molar-refractivity contribution in [3.63, 3.8) is 0 Å². The molecule has 0 amide bonds. The van der Waals surface area contributed by atoms with Gasteiger partial charge in [-0.25, -0.2) is 0 Å². The van der Waals surface area contributed by atoms with Crippen molar-refractivity contribution >= 4 is 5.78 Å². The van der Waals surface area contributed by atoms with Gasteiger partial charge in [-0.1, -0.05) is 0 Å². The summed E-state index contributed by atoms with van der Waals surface area (Å²) in [5.41, 5.74) is 0.510. The summed E-state index contributed by atoms with van der Waals surface area (Å²) in [5, 5.41) is 0. The molecule has 2 rings (SSSR count). The van der Waals surface area contributed by atoms with Crippen LogP contribution in [0.5, 0.6) is 17.2 Å². The average Bonchev–Trinajstić information content (AvgIpc) is 2.99. The molecule has 1 atom stereocenters. The van der Waals surface area contributed by atoms with Gasteiger partial charge in [0.1, 0.15) is 5.75 Å². The van der Waals surface area contributed by atoms with E-state index in [2.05, 4.69) is 0 Å². The summed E-state index contributed by atoms with van der Waals surface area (Å²) >= 11 is 0. The van der Waals surface area contributed by atoms with Gasteiger partial charge in [-0.2, -0.15) is 0 Å². The minimum atomic E-state index is -0.105. The van der Waals surface area contributed by atoms with E-state index in [0.717, 1.165) is 6.42 Å². The number of carbonyl (C=O) groups is 1. The molecule has 0 aromatic heterocycles. The molecule has 1 aliphatic heterocycles. The molecular weight excluding hydrogens is 248 g/mol. The summed E-state index contributed by atoms with van der Waals surface area (Å²) in [5.74, 6) is 1.47. The van der Waals surface area contributed by atoms with E-state index < -0.39 is 0 Å². The number of hydrogen-bond donors (Lipinski definition) is 0. The molecular formula is C14H18O5. The second-order valence-corrected chi connectivity index (χ2v) is 4.33. The number of carbonyl (C=O) groups excluding carboxylic acids is 1. The quantitative estimate of drug-likeness (QED) is 0.762. The summed E-state index contributed by atoms with van der Waals surface area (Å²) in [4.78, 5) is 12.4. The lowest BCUT2D eigenvalue weighted by atomic mass is 9.96. The minimum absolute atomic E-state index is 0.0234. The standard InChI is InChI=1S/C14H18O5/c1-16-11-7-13(18-3)12(17-2)6-10(11)14(15)9-4-5-19-8-9/h6-7,9H,4-5,8H2,1-3H3. The molecule has 0 saturated carbocycles. The molecule has 0 N–H and O–H groups in total. The average molecular weight is 266 g/mol. The Morgan fingerprint density at radius 1 is 1.11 bits per heavy atom. The fourth-order valence-corrected chi connectivity index (χ4v) is 2.18. The Balaban J connectivity index is 2.39. The zero-order valence-electron chi connectivity index (χ0n) is 11.4. The third-order valence-corrected chi connectivity index (χ3v) is 3.27. The van der Waals surface area contributed by atoms with E-state index in [4.69, 9.17) is 18.9 Å². The van der Waals surface area contributed by atoms with Gasteiger partial charge in [0.25, 0.3) is 0 Å². The Morgan fingerprint density at radius 2 is 1.74 bits per heavy atom. The second kappa shape index (κ2) is 5.93. The molecule has 1 saturated heterocycles. The topological polar surface area (TPSA) is 54.0 Å².